The second-order valence-electron chi connectivity index (χ2n) is 6.47. The zero-order valence-electron chi connectivity index (χ0n) is 14.4. The van der Waals surface area contributed by atoms with Gasteiger partial charge >= 0.3 is 0 Å². The molecule has 0 saturated carbocycles. The van der Waals surface area contributed by atoms with Gasteiger partial charge in [-0.2, -0.15) is 0 Å². The molecule has 2 aromatic carbocycles. The molecule has 1 aromatic heterocycles. The van der Waals surface area contributed by atoms with Gasteiger partial charge in [-0.1, -0.05) is 12.1 Å². The van der Waals surface area contributed by atoms with E-state index in [1.807, 2.05) is 4.90 Å². The van der Waals surface area contributed by atoms with Crippen molar-refractivity contribution in [2.75, 3.05) is 31.1 Å². The Hall–Kier alpha value is -3.22. The van der Waals surface area contributed by atoms with Crippen LogP contribution in [0.2, 0.25) is 0 Å². The molecule has 2 heterocycles. The predicted octanol–water partition coefficient (Wildman–Crippen LogP) is 2.77. The molecule has 1 fully saturated rings. The first-order chi connectivity index (χ1) is 13.0. The lowest BCUT2D eigenvalue weighted by Crippen LogP contribution is -2.49. The van der Waals surface area contributed by atoms with E-state index in [-0.39, 0.29) is 17.3 Å². The number of para-hydroxylation sites is 1. The minimum atomic E-state index is -0.547. The number of anilines is 1. The van der Waals surface area contributed by atoms with Gasteiger partial charge < -0.3 is 14.8 Å². The Morgan fingerprint density at radius 3 is 2.44 bits per heavy atom. The quantitative estimate of drug-likeness (QED) is 0.756. The molecule has 5 nitrogen and oxygen atoms in total. The van der Waals surface area contributed by atoms with Crippen LogP contribution in [0.1, 0.15) is 10.4 Å². The monoisotopic (exact) mass is 369 g/mol. The Balaban J connectivity index is 1.54. The third-order valence-electron chi connectivity index (χ3n) is 4.80. The molecule has 3 aromatic rings. The molecule has 0 spiro atoms. The Labute approximate surface area is 153 Å². The molecule has 27 heavy (non-hydrogen) atoms. The number of nitrogens with zero attached hydrogens (tertiary/aromatic N) is 2. The molecule has 1 aliphatic heterocycles. The number of halogens is 2. The first-order valence-corrected chi connectivity index (χ1v) is 8.64. The highest BCUT2D eigenvalue weighted by Crippen LogP contribution is 2.21. The summed E-state index contributed by atoms with van der Waals surface area (Å²) in [5, 5.41) is 0.587. The van der Waals surface area contributed by atoms with Crippen LogP contribution in [-0.4, -0.2) is 42.0 Å². The number of fused-ring (bicyclic) bond motifs is 1. The summed E-state index contributed by atoms with van der Waals surface area (Å²) in [6, 6.07) is 12.0. The molecule has 138 valence electrons. The lowest BCUT2D eigenvalue weighted by Gasteiger charge is -2.36. The highest BCUT2D eigenvalue weighted by atomic mass is 19.1. The number of piperazine rings is 1. The maximum absolute atomic E-state index is 13.9. The summed E-state index contributed by atoms with van der Waals surface area (Å²) in [5.74, 6) is -1.13. The number of carbonyl (C=O) groups excluding carboxylic acids is 1. The number of aromatic nitrogens is 1. The number of H-pyrrole nitrogens is 1. The fraction of sp³-hybridized carbons (Fsp3) is 0.200. The summed E-state index contributed by atoms with van der Waals surface area (Å²) in [5.41, 5.74) is 0.333. The van der Waals surface area contributed by atoms with Crippen molar-refractivity contribution in [2.45, 2.75) is 0 Å². The lowest BCUT2D eigenvalue weighted by atomic mass is 10.1. The van der Waals surface area contributed by atoms with Crippen molar-refractivity contribution in [1.82, 2.24) is 9.88 Å². The van der Waals surface area contributed by atoms with Crippen molar-refractivity contribution in [3.05, 3.63) is 76.1 Å². The zero-order chi connectivity index (χ0) is 19.0. The van der Waals surface area contributed by atoms with Crippen molar-refractivity contribution in [2.24, 2.45) is 0 Å². The first kappa shape index (κ1) is 17.2. The minimum Gasteiger partial charge on any atom is -0.366 e. The molecule has 1 N–H and O–H groups in total. The zero-order valence-corrected chi connectivity index (χ0v) is 14.4. The first-order valence-electron chi connectivity index (χ1n) is 8.64. The van der Waals surface area contributed by atoms with Gasteiger partial charge in [0.2, 0.25) is 0 Å². The fourth-order valence-electron chi connectivity index (χ4n) is 3.36. The topological polar surface area (TPSA) is 56.4 Å². The molecule has 1 aliphatic rings. The average molecular weight is 369 g/mol. The molecule has 0 bridgehead atoms. The van der Waals surface area contributed by atoms with Gasteiger partial charge in [0.15, 0.2) is 0 Å². The molecule has 0 aliphatic carbocycles. The van der Waals surface area contributed by atoms with Gasteiger partial charge in [-0.15, -0.1) is 0 Å². The largest absolute Gasteiger partial charge is 0.366 e. The smallest absolute Gasteiger partial charge is 0.261 e. The standard InChI is InChI=1S/C20H17F2N3O2/c21-14-6-5-13-11-15(19(26)23-17(13)12-14)20(27)25-9-7-24(8-10-25)18-4-2-1-3-16(18)22/h1-6,11-12H,7-10H2,(H,23,26). The van der Waals surface area contributed by atoms with Crippen LogP contribution in [0, 0.1) is 11.6 Å². The molecular weight excluding hydrogens is 352 g/mol. The maximum Gasteiger partial charge on any atom is 0.261 e. The normalized spacial score (nSPS) is 14.6. The SMILES string of the molecule is O=C(c1cc2ccc(F)cc2[nH]c1=O)N1CCN(c2ccccc2F)CC1. The average Bonchev–Trinajstić information content (AvgIpc) is 2.67. The Morgan fingerprint density at radius 2 is 1.70 bits per heavy atom. The summed E-state index contributed by atoms with van der Waals surface area (Å²) >= 11 is 0. The van der Waals surface area contributed by atoms with Crippen molar-refractivity contribution < 1.29 is 13.6 Å². The molecule has 0 radical (unpaired) electrons. The third-order valence-corrected chi connectivity index (χ3v) is 4.80. The Kier molecular flexibility index (Phi) is 4.35. The van der Waals surface area contributed by atoms with Gasteiger partial charge in [0, 0.05) is 26.2 Å². The van der Waals surface area contributed by atoms with Gasteiger partial charge in [0.05, 0.1) is 11.2 Å². The summed E-state index contributed by atoms with van der Waals surface area (Å²) in [7, 11) is 0. The number of rotatable bonds is 2. The molecule has 1 amide bonds. The van der Waals surface area contributed by atoms with Gasteiger partial charge in [0.25, 0.3) is 11.5 Å². The van der Waals surface area contributed by atoms with Crippen LogP contribution in [0.3, 0.4) is 0 Å². The highest BCUT2D eigenvalue weighted by molar-refractivity contribution is 5.97. The number of amides is 1. The third kappa shape index (κ3) is 3.28. The summed E-state index contributed by atoms with van der Waals surface area (Å²) in [6.45, 7) is 1.72. The van der Waals surface area contributed by atoms with Crippen LogP contribution in [0.25, 0.3) is 10.9 Å². The summed E-state index contributed by atoms with van der Waals surface area (Å²) < 4.78 is 27.2. The molecule has 7 heteroatoms. The van der Waals surface area contributed by atoms with Crippen LogP contribution >= 0.6 is 0 Å². The number of benzene rings is 2. The molecule has 1 saturated heterocycles. The van der Waals surface area contributed by atoms with Gasteiger partial charge in [-0.3, -0.25) is 9.59 Å². The maximum atomic E-state index is 13.9. The van der Waals surface area contributed by atoms with Crippen LogP contribution in [0.5, 0.6) is 0 Å². The highest BCUT2D eigenvalue weighted by Gasteiger charge is 2.25. The molecule has 4 rings (SSSR count). The van der Waals surface area contributed by atoms with E-state index >= 15 is 0 Å². The van der Waals surface area contributed by atoms with Crippen LogP contribution in [-0.2, 0) is 0 Å². The lowest BCUT2D eigenvalue weighted by molar-refractivity contribution is 0.0745. The fourth-order valence-corrected chi connectivity index (χ4v) is 3.36. The van der Waals surface area contributed by atoms with Crippen molar-refractivity contribution in [3.8, 4) is 0 Å². The Morgan fingerprint density at radius 1 is 0.963 bits per heavy atom. The van der Waals surface area contributed by atoms with Crippen molar-refractivity contribution in [3.63, 3.8) is 0 Å². The van der Waals surface area contributed by atoms with Gasteiger partial charge in [-0.25, -0.2) is 8.78 Å². The summed E-state index contributed by atoms with van der Waals surface area (Å²) in [4.78, 5) is 31.1. The van der Waals surface area contributed by atoms with Crippen LogP contribution < -0.4 is 10.5 Å². The van der Waals surface area contributed by atoms with E-state index in [4.69, 9.17) is 0 Å². The minimum absolute atomic E-state index is 0.0217. The summed E-state index contributed by atoms with van der Waals surface area (Å²) in [6.07, 6.45) is 0. The van der Waals surface area contributed by atoms with Crippen molar-refractivity contribution >= 4 is 22.5 Å². The van der Waals surface area contributed by atoms with Gasteiger partial charge in [-0.05, 0) is 41.8 Å². The second kappa shape index (κ2) is 6.83. The Bertz CT molecular complexity index is 1070. The number of hydrogen-bond donors (Lipinski definition) is 1. The van der Waals surface area contributed by atoms with E-state index in [0.29, 0.717) is 42.8 Å². The predicted molar refractivity (Wildman–Crippen MR) is 99.0 cm³/mol. The van der Waals surface area contributed by atoms with E-state index in [0.717, 1.165) is 0 Å². The molecule has 0 atom stereocenters. The number of nitrogens with one attached hydrogen (secondary N) is 1. The van der Waals surface area contributed by atoms with E-state index in [2.05, 4.69) is 4.98 Å². The molecular formula is C20H17F2N3O2. The van der Waals surface area contributed by atoms with E-state index < -0.39 is 11.4 Å². The number of aromatic amines is 1. The van der Waals surface area contributed by atoms with Crippen LogP contribution in [0.4, 0.5) is 14.5 Å². The molecule has 0 unspecified atom stereocenters. The second-order valence-corrected chi connectivity index (χ2v) is 6.47. The van der Waals surface area contributed by atoms with E-state index in [1.54, 1.807) is 23.1 Å². The van der Waals surface area contributed by atoms with Gasteiger partial charge in [0.1, 0.15) is 17.2 Å². The van der Waals surface area contributed by atoms with Crippen LogP contribution in [0.15, 0.2) is 53.3 Å². The number of carbonyl (C=O) groups is 1. The van der Waals surface area contributed by atoms with Crippen molar-refractivity contribution in [1.29, 1.82) is 0 Å². The number of hydrogen-bond acceptors (Lipinski definition) is 3. The van der Waals surface area contributed by atoms with E-state index in [9.17, 15) is 18.4 Å². The van der Waals surface area contributed by atoms with E-state index in [1.165, 1.54) is 30.3 Å². The number of pyridine rings is 1.